The molecule has 3 atom stereocenters. The molecule has 1 aromatic carbocycles. The summed E-state index contributed by atoms with van der Waals surface area (Å²) >= 11 is 6.02. The average Bonchev–Trinajstić information content (AvgIpc) is 3.20. The van der Waals surface area contributed by atoms with Gasteiger partial charge in [0.05, 0.1) is 23.9 Å². The molecule has 2 heterocycles. The van der Waals surface area contributed by atoms with Crippen molar-refractivity contribution in [3.8, 4) is 5.75 Å². The Kier molecular flexibility index (Phi) is 5.81. The third-order valence-corrected chi connectivity index (χ3v) is 6.46. The molecule has 1 aliphatic carbocycles. The zero-order valence-electron chi connectivity index (χ0n) is 17.2. The fourth-order valence-electron chi connectivity index (χ4n) is 4.65. The van der Waals surface area contributed by atoms with Gasteiger partial charge in [0.25, 0.3) is 5.91 Å². The van der Waals surface area contributed by atoms with E-state index in [1.54, 1.807) is 0 Å². The number of amides is 1. The molecule has 33 heavy (non-hydrogen) atoms. The predicted molar refractivity (Wildman–Crippen MR) is 113 cm³/mol. The summed E-state index contributed by atoms with van der Waals surface area (Å²) in [6, 6.07) is 5.02. The number of halogens is 5. The number of pyridine rings is 2. The second kappa shape index (κ2) is 8.33. The van der Waals surface area contributed by atoms with E-state index in [2.05, 4.69) is 9.97 Å². The molecule has 0 bridgehead atoms. The van der Waals surface area contributed by atoms with Crippen LogP contribution >= 0.6 is 11.6 Å². The van der Waals surface area contributed by atoms with Crippen molar-refractivity contribution in [3.05, 3.63) is 68.5 Å². The van der Waals surface area contributed by atoms with E-state index in [1.165, 1.54) is 25.4 Å². The van der Waals surface area contributed by atoms with E-state index in [4.69, 9.17) is 22.1 Å². The molecule has 174 valence electrons. The van der Waals surface area contributed by atoms with E-state index in [-0.39, 0.29) is 45.9 Å². The average molecular weight is 484 g/mol. The summed E-state index contributed by atoms with van der Waals surface area (Å²) in [7, 11) is 1.26. The first kappa shape index (κ1) is 23.0. The monoisotopic (exact) mass is 483 g/mol. The van der Waals surface area contributed by atoms with Crippen LogP contribution in [-0.4, -0.2) is 29.2 Å². The SMILES string of the molecule is COc1c([C@H]2C[C@@H](C(F)(F)F)C[C@@H]2c2cc(=O)c3c(C(N)=O)nccc3[nH]2)ccc(F)c1Cl. The number of fused-ring (bicyclic) bond motifs is 1. The largest absolute Gasteiger partial charge is 0.495 e. The summed E-state index contributed by atoms with van der Waals surface area (Å²) in [6.45, 7) is 0. The van der Waals surface area contributed by atoms with Crippen LogP contribution in [0.4, 0.5) is 17.6 Å². The Morgan fingerprint density at radius 3 is 2.58 bits per heavy atom. The van der Waals surface area contributed by atoms with Crippen molar-refractivity contribution < 1.29 is 27.1 Å². The zero-order valence-corrected chi connectivity index (χ0v) is 17.9. The minimum Gasteiger partial charge on any atom is -0.495 e. The first-order chi connectivity index (χ1) is 15.5. The number of H-pyrrole nitrogens is 1. The molecule has 11 heteroatoms. The fourth-order valence-corrected chi connectivity index (χ4v) is 4.90. The summed E-state index contributed by atoms with van der Waals surface area (Å²) in [6.07, 6.45) is -3.79. The van der Waals surface area contributed by atoms with Crippen LogP contribution in [-0.2, 0) is 0 Å². The number of ether oxygens (including phenoxy) is 1. The van der Waals surface area contributed by atoms with Crippen molar-refractivity contribution in [1.29, 1.82) is 0 Å². The van der Waals surface area contributed by atoms with E-state index >= 15 is 0 Å². The fraction of sp³-hybridized carbons (Fsp3) is 0.318. The molecule has 0 unspecified atom stereocenters. The summed E-state index contributed by atoms with van der Waals surface area (Å²) in [5.74, 6) is -4.91. The zero-order chi connectivity index (χ0) is 24.1. The van der Waals surface area contributed by atoms with Crippen LogP contribution in [0.15, 0.2) is 35.3 Å². The van der Waals surface area contributed by atoms with Gasteiger partial charge >= 0.3 is 6.18 Å². The summed E-state index contributed by atoms with van der Waals surface area (Å²) in [5, 5.41) is -0.369. The Bertz CT molecular complexity index is 1310. The first-order valence-corrected chi connectivity index (χ1v) is 10.3. The molecular formula is C22H18ClF4N3O3. The van der Waals surface area contributed by atoms with Crippen molar-refractivity contribution in [2.45, 2.75) is 30.9 Å². The van der Waals surface area contributed by atoms with E-state index < -0.39 is 41.1 Å². The molecule has 0 spiro atoms. The third kappa shape index (κ3) is 4.03. The minimum absolute atomic E-state index is 0.0434. The number of nitrogens with one attached hydrogen (secondary N) is 1. The number of aromatic nitrogens is 2. The highest BCUT2D eigenvalue weighted by Gasteiger charge is 2.50. The van der Waals surface area contributed by atoms with Crippen LogP contribution in [0, 0.1) is 11.7 Å². The highest BCUT2D eigenvalue weighted by molar-refractivity contribution is 6.32. The van der Waals surface area contributed by atoms with Gasteiger partial charge in [-0.05, 0) is 36.5 Å². The van der Waals surface area contributed by atoms with E-state index in [0.29, 0.717) is 5.56 Å². The predicted octanol–water partition coefficient (Wildman–Crippen LogP) is 4.66. The van der Waals surface area contributed by atoms with Crippen LogP contribution in [0.25, 0.3) is 10.9 Å². The summed E-state index contributed by atoms with van der Waals surface area (Å²) in [4.78, 5) is 31.3. The van der Waals surface area contributed by atoms with Crippen LogP contribution in [0.2, 0.25) is 5.02 Å². The Morgan fingerprint density at radius 1 is 1.24 bits per heavy atom. The summed E-state index contributed by atoms with van der Waals surface area (Å²) < 4.78 is 60.3. The second-order valence-corrected chi connectivity index (χ2v) is 8.32. The maximum atomic E-state index is 14.0. The van der Waals surface area contributed by atoms with Crippen LogP contribution in [0.1, 0.15) is 46.4 Å². The summed E-state index contributed by atoms with van der Waals surface area (Å²) in [5.41, 5.74) is 5.24. The topological polar surface area (TPSA) is 98.1 Å². The number of aromatic amines is 1. The number of carbonyl (C=O) groups excluding carboxylic acids is 1. The number of methoxy groups -OCH3 is 1. The van der Waals surface area contributed by atoms with Gasteiger partial charge in [0.1, 0.15) is 22.3 Å². The number of hydrogen-bond donors (Lipinski definition) is 2. The minimum atomic E-state index is -4.47. The molecule has 3 N–H and O–H groups in total. The lowest BCUT2D eigenvalue weighted by molar-refractivity contribution is -0.172. The number of benzene rings is 1. The molecule has 0 saturated heterocycles. The van der Waals surface area contributed by atoms with Crippen LogP contribution < -0.4 is 15.9 Å². The van der Waals surface area contributed by atoms with Crippen molar-refractivity contribution in [2.24, 2.45) is 11.7 Å². The number of nitrogens with two attached hydrogens (primary N) is 1. The Labute approximate surface area is 189 Å². The molecule has 3 aromatic rings. The molecule has 4 rings (SSSR count). The maximum Gasteiger partial charge on any atom is 0.391 e. The Balaban J connectivity index is 1.89. The van der Waals surface area contributed by atoms with Crippen LogP contribution in [0.3, 0.4) is 0 Å². The molecular weight excluding hydrogens is 466 g/mol. The number of nitrogens with zero attached hydrogens (tertiary/aromatic N) is 1. The molecule has 1 saturated carbocycles. The number of rotatable bonds is 4. The lowest BCUT2D eigenvalue weighted by Crippen LogP contribution is -2.20. The Hall–Kier alpha value is -3.14. The van der Waals surface area contributed by atoms with Gasteiger partial charge in [0.2, 0.25) is 0 Å². The highest BCUT2D eigenvalue weighted by Crippen LogP contribution is 2.55. The molecule has 2 aromatic heterocycles. The molecule has 1 aliphatic rings. The van der Waals surface area contributed by atoms with Gasteiger partial charge < -0.3 is 15.5 Å². The molecule has 1 fully saturated rings. The molecule has 6 nitrogen and oxygen atoms in total. The quantitative estimate of drug-likeness (QED) is 0.527. The van der Waals surface area contributed by atoms with Gasteiger partial charge in [-0.15, -0.1) is 0 Å². The van der Waals surface area contributed by atoms with Crippen molar-refractivity contribution in [1.82, 2.24) is 9.97 Å². The van der Waals surface area contributed by atoms with E-state index in [0.717, 1.165) is 12.1 Å². The lowest BCUT2D eigenvalue weighted by Gasteiger charge is -2.23. The van der Waals surface area contributed by atoms with Gasteiger partial charge in [-0.2, -0.15) is 13.2 Å². The van der Waals surface area contributed by atoms with Crippen molar-refractivity contribution in [3.63, 3.8) is 0 Å². The van der Waals surface area contributed by atoms with Crippen molar-refractivity contribution >= 4 is 28.4 Å². The van der Waals surface area contributed by atoms with Crippen molar-refractivity contribution in [2.75, 3.05) is 7.11 Å². The van der Waals surface area contributed by atoms with Gasteiger partial charge in [0, 0.05) is 23.9 Å². The highest BCUT2D eigenvalue weighted by atomic mass is 35.5. The number of hydrogen-bond acceptors (Lipinski definition) is 4. The van der Waals surface area contributed by atoms with Gasteiger partial charge in [-0.25, -0.2) is 4.39 Å². The van der Waals surface area contributed by atoms with Gasteiger partial charge in [-0.3, -0.25) is 14.6 Å². The smallest absolute Gasteiger partial charge is 0.391 e. The first-order valence-electron chi connectivity index (χ1n) is 9.93. The number of primary amides is 1. The van der Waals surface area contributed by atoms with Gasteiger partial charge in [0.15, 0.2) is 5.43 Å². The maximum absolute atomic E-state index is 14.0. The van der Waals surface area contributed by atoms with E-state index in [1.807, 2.05) is 0 Å². The standard InChI is InChI=1S/C22H18ClF4N3O3/c1-33-20-10(2-3-13(24)18(20)23)11-6-9(22(25,26)27)7-12(11)15-8-16(31)17-14(30-15)4-5-29-19(17)21(28)32/h2-5,8-9,11-12H,6-7H2,1H3,(H2,28,32)(H,30,31)/t9-,11-,12+/m1/s1. The second-order valence-electron chi connectivity index (χ2n) is 7.94. The molecule has 0 radical (unpaired) electrons. The molecule has 1 amide bonds. The third-order valence-electron chi connectivity index (χ3n) is 6.11. The Morgan fingerprint density at radius 2 is 1.94 bits per heavy atom. The van der Waals surface area contributed by atoms with E-state index in [9.17, 15) is 27.2 Å². The van der Waals surface area contributed by atoms with Crippen LogP contribution in [0.5, 0.6) is 5.75 Å². The van der Waals surface area contributed by atoms with Gasteiger partial charge in [-0.1, -0.05) is 17.7 Å². The number of carbonyl (C=O) groups is 1. The number of alkyl halides is 3. The normalized spacial score (nSPS) is 20.8. The lowest BCUT2D eigenvalue weighted by atomic mass is 9.85. The molecule has 0 aliphatic heterocycles.